The van der Waals surface area contributed by atoms with E-state index in [0.29, 0.717) is 10.9 Å². The molecular weight excluding hydrogens is 384 g/mol. The second-order valence-electron chi connectivity index (χ2n) is 8.13. The highest BCUT2D eigenvalue weighted by Crippen LogP contribution is 2.34. The van der Waals surface area contributed by atoms with Crippen LogP contribution >= 0.6 is 11.3 Å². The van der Waals surface area contributed by atoms with Crippen LogP contribution in [0.15, 0.2) is 28.9 Å². The summed E-state index contributed by atoms with van der Waals surface area (Å²) >= 11 is 1.41. The maximum atomic E-state index is 12.9. The van der Waals surface area contributed by atoms with Gasteiger partial charge in [0, 0.05) is 37.4 Å². The molecule has 7 heteroatoms. The number of hydrogen-bond donors (Lipinski definition) is 0. The van der Waals surface area contributed by atoms with E-state index in [0.717, 1.165) is 54.1 Å². The third-order valence-corrected chi connectivity index (χ3v) is 7.15. The number of piperidine rings is 2. The van der Waals surface area contributed by atoms with E-state index < -0.39 is 0 Å². The van der Waals surface area contributed by atoms with Gasteiger partial charge in [0.15, 0.2) is 5.58 Å². The van der Waals surface area contributed by atoms with Crippen molar-refractivity contribution in [2.75, 3.05) is 24.5 Å². The van der Waals surface area contributed by atoms with Gasteiger partial charge in [-0.25, -0.2) is 4.98 Å². The summed E-state index contributed by atoms with van der Waals surface area (Å²) in [5, 5.41) is 5.97. The van der Waals surface area contributed by atoms with Crippen molar-refractivity contribution in [2.45, 2.75) is 51.5 Å². The Kier molecular flexibility index (Phi) is 4.99. The van der Waals surface area contributed by atoms with Gasteiger partial charge in [0.05, 0.1) is 11.6 Å². The Morgan fingerprint density at radius 1 is 1.14 bits per heavy atom. The van der Waals surface area contributed by atoms with E-state index in [-0.39, 0.29) is 5.91 Å². The van der Waals surface area contributed by atoms with E-state index in [2.05, 4.69) is 40.2 Å². The fourth-order valence-corrected chi connectivity index (χ4v) is 5.32. The van der Waals surface area contributed by atoms with Gasteiger partial charge in [0.2, 0.25) is 0 Å². The topological polar surface area (TPSA) is 62.5 Å². The molecule has 2 saturated heterocycles. The number of likely N-dealkylation sites (tertiary alicyclic amines) is 1. The smallest absolute Gasteiger partial charge is 0.265 e. The number of amides is 1. The van der Waals surface area contributed by atoms with Crippen molar-refractivity contribution < 1.29 is 9.32 Å². The lowest BCUT2D eigenvalue weighted by molar-refractivity contribution is 0.0640. The van der Waals surface area contributed by atoms with Crippen LogP contribution in [0.1, 0.15) is 55.1 Å². The molecule has 0 bridgehead atoms. The molecule has 0 N–H and O–H groups in total. The number of aromatic nitrogens is 2. The van der Waals surface area contributed by atoms with Crippen LogP contribution < -0.4 is 4.90 Å². The largest absolute Gasteiger partial charge is 0.371 e. The predicted octanol–water partition coefficient (Wildman–Crippen LogP) is 4.96. The zero-order valence-electron chi connectivity index (χ0n) is 16.8. The minimum absolute atomic E-state index is 0.0844. The molecule has 2 fully saturated rings. The molecule has 152 valence electrons. The van der Waals surface area contributed by atoms with Crippen molar-refractivity contribution in [3.05, 3.63) is 29.3 Å². The highest BCUT2D eigenvalue weighted by Gasteiger charge is 2.26. The average molecular weight is 411 g/mol. The summed E-state index contributed by atoms with van der Waals surface area (Å²) in [7, 11) is 0. The molecule has 29 heavy (non-hydrogen) atoms. The quantitative estimate of drug-likeness (QED) is 0.611. The lowest BCUT2D eigenvalue weighted by atomic mass is 10.0. The first-order chi connectivity index (χ1) is 14.2. The van der Waals surface area contributed by atoms with Crippen LogP contribution in [0.4, 0.5) is 5.69 Å². The lowest BCUT2D eigenvalue weighted by Gasteiger charge is -2.32. The molecule has 1 atom stereocenters. The summed E-state index contributed by atoms with van der Waals surface area (Å²) in [4.78, 5) is 22.5. The second-order valence-corrected chi connectivity index (χ2v) is 9.16. The molecule has 6 nitrogen and oxygen atoms in total. The summed E-state index contributed by atoms with van der Waals surface area (Å²) in [6.45, 7) is 5.15. The van der Waals surface area contributed by atoms with Gasteiger partial charge in [-0.1, -0.05) is 5.16 Å². The van der Waals surface area contributed by atoms with E-state index in [9.17, 15) is 4.79 Å². The molecular formula is C22H26N4O2S. The Morgan fingerprint density at radius 3 is 2.79 bits per heavy atom. The van der Waals surface area contributed by atoms with Gasteiger partial charge in [-0.15, -0.1) is 11.3 Å². The Bertz CT molecular complexity index is 1020. The summed E-state index contributed by atoms with van der Waals surface area (Å²) in [5.74, 6) is 0.0844. The molecule has 1 unspecified atom stereocenters. The zero-order valence-corrected chi connectivity index (χ0v) is 17.6. The summed E-state index contributed by atoms with van der Waals surface area (Å²) in [6.07, 6.45) is 8.83. The number of thiazole rings is 1. The van der Waals surface area contributed by atoms with Crippen LogP contribution in [0.2, 0.25) is 0 Å². The molecule has 1 aromatic carbocycles. The van der Waals surface area contributed by atoms with Gasteiger partial charge in [0.25, 0.3) is 5.91 Å². The standard InChI is InChI=1S/C22H26N4O2S/c1-15-7-3-6-12-26(15)22(27)19-14-23-21(29-19)20-17-9-8-16(13-18(17)28-24-20)25-10-4-2-5-11-25/h8-9,13-15H,2-7,10-12H2,1H3. The predicted molar refractivity (Wildman–Crippen MR) is 116 cm³/mol. The number of carbonyl (C=O) groups is 1. The summed E-state index contributed by atoms with van der Waals surface area (Å²) in [6, 6.07) is 6.58. The van der Waals surface area contributed by atoms with Gasteiger partial charge >= 0.3 is 0 Å². The van der Waals surface area contributed by atoms with Gasteiger partial charge in [0.1, 0.15) is 15.6 Å². The summed E-state index contributed by atoms with van der Waals surface area (Å²) < 4.78 is 5.63. The van der Waals surface area contributed by atoms with Gasteiger partial charge in [-0.3, -0.25) is 4.79 Å². The molecule has 4 heterocycles. The monoisotopic (exact) mass is 410 g/mol. The summed E-state index contributed by atoms with van der Waals surface area (Å²) in [5.41, 5.74) is 2.69. The molecule has 1 amide bonds. The minimum atomic E-state index is 0.0844. The maximum Gasteiger partial charge on any atom is 0.265 e. The normalized spacial score (nSPS) is 20.4. The first kappa shape index (κ1) is 18.6. The van der Waals surface area contributed by atoms with Crippen LogP contribution in [0.3, 0.4) is 0 Å². The fraction of sp³-hybridized carbons (Fsp3) is 0.500. The molecule has 2 aliphatic heterocycles. The Balaban J connectivity index is 1.40. The van der Waals surface area contributed by atoms with Crippen LogP contribution in [-0.4, -0.2) is 46.6 Å². The molecule has 0 radical (unpaired) electrons. The average Bonchev–Trinajstić information content (AvgIpc) is 3.41. The lowest BCUT2D eigenvalue weighted by Crippen LogP contribution is -2.41. The number of benzene rings is 1. The van der Waals surface area contributed by atoms with E-state index in [1.54, 1.807) is 6.20 Å². The molecule has 0 spiro atoms. The van der Waals surface area contributed by atoms with Gasteiger partial charge < -0.3 is 14.3 Å². The molecule has 3 aromatic rings. The fourth-order valence-electron chi connectivity index (χ4n) is 4.45. The van der Waals surface area contributed by atoms with E-state index in [1.807, 2.05) is 4.90 Å². The van der Waals surface area contributed by atoms with Crippen LogP contribution in [0.5, 0.6) is 0 Å². The minimum Gasteiger partial charge on any atom is -0.371 e. The Morgan fingerprint density at radius 2 is 1.97 bits per heavy atom. The number of fused-ring (bicyclic) bond motifs is 1. The van der Waals surface area contributed by atoms with E-state index in [1.165, 1.54) is 42.7 Å². The third kappa shape index (κ3) is 3.52. The van der Waals surface area contributed by atoms with Gasteiger partial charge in [-0.05, 0) is 57.6 Å². The first-order valence-corrected chi connectivity index (χ1v) is 11.4. The van der Waals surface area contributed by atoms with Crippen molar-refractivity contribution in [3.63, 3.8) is 0 Å². The number of anilines is 1. The van der Waals surface area contributed by atoms with E-state index >= 15 is 0 Å². The van der Waals surface area contributed by atoms with Crippen molar-refractivity contribution in [2.24, 2.45) is 0 Å². The molecule has 2 aliphatic rings. The molecule has 5 rings (SSSR count). The van der Waals surface area contributed by atoms with Crippen molar-refractivity contribution in [1.82, 2.24) is 15.0 Å². The van der Waals surface area contributed by atoms with E-state index in [4.69, 9.17) is 4.52 Å². The van der Waals surface area contributed by atoms with Gasteiger partial charge in [-0.2, -0.15) is 0 Å². The zero-order chi connectivity index (χ0) is 19.8. The highest BCUT2D eigenvalue weighted by atomic mass is 32.1. The number of rotatable bonds is 3. The van der Waals surface area contributed by atoms with Crippen LogP contribution in [0.25, 0.3) is 21.7 Å². The number of hydrogen-bond acceptors (Lipinski definition) is 6. The molecule has 2 aromatic heterocycles. The number of nitrogens with zero attached hydrogens (tertiary/aromatic N) is 4. The van der Waals surface area contributed by atoms with Crippen molar-refractivity contribution in [3.8, 4) is 10.7 Å². The Hall–Kier alpha value is -2.41. The molecule has 0 aliphatic carbocycles. The van der Waals surface area contributed by atoms with Crippen molar-refractivity contribution in [1.29, 1.82) is 0 Å². The SMILES string of the molecule is CC1CCCCN1C(=O)c1cnc(-c2noc3cc(N4CCCCC4)ccc23)s1. The van der Waals surface area contributed by atoms with Crippen LogP contribution in [-0.2, 0) is 0 Å². The maximum absolute atomic E-state index is 12.9. The molecule has 0 saturated carbocycles. The highest BCUT2D eigenvalue weighted by molar-refractivity contribution is 7.17. The van der Waals surface area contributed by atoms with Crippen molar-refractivity contribution >= 4 is 33.9 Å². The first-order valence-electron chi connectivity index (χ1n) is 10.6. The second kappa shape index (κ2) is 7.78. The Labute approximate surface area is 174 Å². The number of carbonyl (C=O) groups excluding carboxylic acids is 1. The van der Waals surface area contributed by atoms with Crippen LogP contribution in [0, 0.1) is 0 Å². The third-order valence-electron chi connectivity index (χ3n) is 6.16.